The van der Waals surface area contributed by atoms with Gasteiger partial charge in [-0.15, -0.1) is 0 Å². The minimum absolute atomic E-state index is 0.153. The summed E-state index contributed by atoms with van der Waals surface area (Å²) >= 11 is 3.09. The molecule has 19 heavy (non-hydrogen) atoms. The van der Waals surface area contributed by atoms with Crippen molar-refractivity contribution in [2.24, 2.45) is 0 Å². The number of carbonyl (C=O) groups is 2. The average molecular weight is 348 g/mol. The van der Waals surface area contributed by atoms with Gasteiger partial charge in [-0.2, -0.15) is 0 Å². The molecule has 0 spiro atoms. The second-order valence-corrected chi connectivity index (χ2v) is 7.72. The summed E-state index contributed by atoms with van der Waals surface area (Å²) in [5.41, 5.74) is -0.402. The van der Waals surface area contributed by atoms with E-state index in [0.29, 0.717) is 4.31 Å². The molecule has 1 aliphatic heterocycles. The van der Waals surface area contributed by atoms with Crippen molar-refractivity contribution < 1.29 is 23.1 Å². The molecule has 1 heterocycles. The predicted molar refractivity (Wildman–Crippen MR) is 71.6 cm³/mol. The third-order valence-electron chi connectivity index (χ3n) is 3.01. The zero-order chi connectivity index (χ0) is 14.6. The van der Waals surface area contributed by atoms with Crippen LogP contribution in [-0.4, -0.2) is 30.1 Å². The molecule has 8 heteroatoms. The number of sulfonamides is 1. The fraction of sp³-hybridized carbons (Fsp3) is 0.273. The van der Waals surface area contributed by atoms with Crippen molar-refractivity contribution >= 4 is 43.5 Å². The van der Waals surface area contributed by atoms with Crippen LogP contribution in [0.3, 0.4) is 0 Å². The van der Waals surface area contributed by atoms with Crippen LogP contribution in [0.2, 0.25) is 0 Å². The minimum Gasteiger partial charge on any atom is -0.478 e. The molecular formula is C11H10BrNO5S. The summed E-state index contributed by atoms with van der Waals surface area (Å²) in [5.74, 6) is -1.95. The van der Waals surface area contributed by atoms with Gasteiger partial charge in [0, 0.05) is 4.47 Å². The standard InChI is InChI=1S/C11H10BrNO5S/c1-11(2)10(16)13(19(11,17)18)8-6(9(14)15)4-3-5-7(8)12/h3-5H,1-2H3,(H,14,15). The first-order chi connectivity index (χ1) is 8.62. The van der Waals surface area contributed by atoms with E-state index in [1.165, 1.54) is 32.0 Å². The molecule has 1 aromatic rings. The van der Waals surface area contributed by atoms with Crippen LogP contribution in [0.25, 0.3) is 0 Å². The summed E-state index contributed by atoms with van der Waals surface area (Å²) in [6.45, 7) is 2.58. The van der Waals surface area contributed by atoms with Crippen LogP contribution >= 0.6 is 15.9 Å². The Hall–Kier alpha value is -1.41. The van der Waals surface area contributed by atoms with Crippen LogP contribution in [0.4, 0.5) is 5.69 Å². The Morgan fingerprint density at radius 3 is 2.42 bits per heavy atom. The Balaban J connectivity index is 2.69. The molecule has 1 aliphatic rings. The van der Waals surface area contributed by atoms with E-state index >= 15 is 0 Å². The summed E-state index contributed by atoms with van der Waals surface area (Å²) < 4.78 is 23.4. The molecule has 0 aromatic heterocycles. The quantitative estimate of drug-likeness (QED) is 0.877. The van der Waals surface area contributed by atoms with Crippen molar-refractivity contribution in [3.05, 3.63) is 28.2 Å². The highest BCUT2D eigenvalue weighted by atomic mass is 79.9. The van der Waals surface area contributed by atoms with Gasteiger partial charge >= 0.3 is 5.97 Å². The highest BCUT2D eigenvalue weighted by Gasteiger charge is 2.61. The maximum absolute atomic E-state index is 12.1. The summed E-state index contributed by atoms with van der Waals surface area (Å²) in [5, 5.41) is 9.09. The molecule has 6 nitrogen and oxygen atoms in total. The highest BCUT2D eigenvalue weighted by Crippen LogP contribution is 2.43. The Bertz CT molecular complexity index is 695. The lowest BCUT2D eigenvalue weighted by Gasteiger charge is -2.43. The largest absolute Gasteiger partial charge is 0.478 e. The second-order valence-electron chi connectivity index (χ2n) is 4.53. The number of hydrogen-bond acceptors (Lipinski definition) is 4. The van der Waals surface area contributed by atoms with Gasteiger partial charge < -0.3 is 5.11 Å². The molecule has 1 N–H and O–H groups in total. The number of carbonyl (C=O) groups excluding carboxylic acids is 1. The second kappa shape index (κ2) is 4.04. The van der Waals surface area contributed by atoms with E-state index < -0.39 is 26.6 Å². The Labute approximate surface area is 118 Å². The number of amides is 1. The van der Waals surface area contributed by atoms with E-state index in [1.807, 2.05) is 0 Å². The normalized spacial score (nSPS) is 19.9. The van der Waals surface area contributed by atoms with E-state index in [2.05, 4.69) is 15.9 Å². The number of carboxylic acid groups (broad SMARTS) is 1. The molecule has 0 unspecified atom stereocenters. The molecule has 1 saturated heterocycles. The lowest BCUT2D eigenvalue weighted by Crippen LogP contribution is -2.68. The van der Waals surface area contributed by atoms with Crippen LogP contribution in [0.1, 0.15) is 24.2 Å². The average Bonchev–Trinajstić information content (AvgIpc) is 2.30. The number of hydrogen-bond donors (Lipinski definition) is 1. The van der Waals surface area contributed by atoms with Crippen molar-refractivity contribution in [3.63, 3.8) is 0 Å². The summed E-state index contributed by atoms with van der Waals surface area (Å²) in [6, 6.07) is 4.19. The highest BCUT2D eigenvalue weighted by molar-refractivity contribution is 9.10. The molecule has 0 aliphatic carbocycles. The monoisotopic (exact) mass is 347 g/mol. The molecule has 0 bridgehead atoms. The zero-order valence-electron chi connectivity index (χ0n) is 10.0. The first kappa shape index (κ1) is 14.0. The number of para-hydroxylation sites is 1. The lowest BCUT2D eigenvalue weighted by molar-refractivity contribution is -0.120. The number of anilines is 1. The van der Waals surface area contributed by atoms with Crippen molar-refractivity contribution in [2.75, 3.05) is 4.31 Å². The van der Waals surface area contributed by atoms with Crippen molar-refractivity contribution in [1.29, 1.82) is 0 Å². The molecular weight excluding hydrogens is 338 g/mol. The van der Waals surface area contributed by atoms with Crippen molar-refractivity contribution in [3.8, 4) is 0 Å². The van der Waals surface area contributed by atoms with Crippen LogP contribution in [-0.2, 0) is 14.8 Å². The summed E-state index contributed by atoms with van der Waals surface area (Å²) in [7, 11) is -3.89. The van der Waals surface area contributed by atoms with Crippen LogP contribution in [0.5, 0.6) is 0 Å². The van der Waals surface area contributed by atoms with Gasteiger partial charge in [0.15, 0.2) is 4.75 Å². The zero-order valence-corrected chi connectivity index (χ0v) is 12.4. The van der Waals surface area contributed by atoms with Gasteiger partial charge in [-0.05, 0) is 41.9 Å². The number of carboxylic acids is 1. The van der Waals surface area contributed by atoms with Crippen molar-refractivity contribution in [2.45, 2.75) is 18.6 Å². The molecule has 0 radical (unpaired) electrons. The smallest absolute Gasteiger partial charge is 0.337 e. The molecule has 1 amide bonds. The maximum Gasteiger partial charge on any atom is 0.337 e. The number of halogens is 1. The molecule has 2 rings (SSSR count). The van der Waals surface area contributed by atoms with Crippen LogP contribution in [0, 0.1) is 0 Å². The third-order valence-corrected chi connectivity index (χ3v) is 5.94. The summed E-state index contributed by atoms with van der Waals surface area (Å²) in [6.07, 6.45) is 0. The molecule has 0 atom stereocenters. The first-order valence-electron chi connectivity index (χ1n) is 5.23. The van der Waals surface area contributed by atoms with Gasteiger partial charge in [-0.25, -0.2) is 17.5 Å². The van der Waals surface area contributed by atoms with Crippen LogP contribution < -0.4 is 4.31 Å². The fourth-order valence-corrected chi connectivity index (χ4v) is 3.95. The maximum atomic E-state index is 12.1. The van der Waals surface area contributed by atoms with E-state index in [-0.39, 0.29) is 15.7 Å². The van der Waals surface area contributed by atoms with Gasteiger partial charge in [0.05, 0.1) is 11.3 Å². The topological polar surface area (TPSA) is 91.8 Å². The SMILES string of the molecule is CC1(C)C(=O)N(c2c(Br)cccc2C(=O)O)S1(=O)=O. The molecule has 0 saturated carbocycles. The molecule has 102 valence electrons. The van der Waals surface area contributed by atoms with Gasteiger partial charge in [0.1, 0.15) is 0 Å². The Kier molecular flexibility index (Phi) is 2.98. The summed E-state index contributed by atoms with van der Waals surface area (Å²) in [4.78, 5) is 23.1. The third kappa shape index (κ3) is 1.70. The van der Waals surface area contributed by atoms with Crippen LogP contribution in [0.15, 0.2) is 22.7 Å². The van der Waals surface area contributed by atoms with Gasteiger partial charge in [0.2, 0.25) is 0 Å². The van der Waals surface area contributed by atoms with Gasteiger partial charge in [0.25, 0.3) is 15.9 Å². The predicted octanol–water partition coefficient (Wildman–Crippen LogP) is 1.60. The molecule has 1 aromatic carbocycles. The minimum atomic E-state index is -3.89. The van der Waals surface area contributed by atoms with Crippen molar-refractivity contribution in [1.82, 2.24) is 0 Å². The number of aromatic carboxylic acids is 1. The van der Waals surface area contributed by atoms with Gasteiger partial charge in [-0.3, -0.25) is 4.79 Å². The first-order valence-corrected chi connectivity index (χ1v) is 7.47. The van der Waals surface area contributed by atoms with E-state index in [0.717, 1.165) is 0 Å². The number of nitrogens with zero attached hydrogens (tertiary/aromatic N) is 1. The fourth-order valence-electron chi connectivity index (χ4n) is 1.77. The Morgan fingerprint density at radius 1 is 1.37 bits per heavy atom. The number of benzene rings is 1. The van der Waals surface area contributed by atoms with E-state index in [9.17, 15) is 18.0 Å². The molecule has 1 fully saturated rings. The lowest BCUT2D eigenvalue weighted by atomic mass is 10.1. The van der Waals surface area contributed by atoms with E-state index in [4.69, 9.17) is 5.11 Å². The number of rotatable bonds is 2. The van der Waals surface area contributed by atoms with E-state index in [1.54, 1.807) is 0 Å². The van der Waals surface area contributed by atoms with Gasteiger partial charge in [-0.1, -0.05) is 6.07 Å². The Morgan fingerprint density at radius 2 is 1.95 bits per heavy atom.